The van der Waals surface area contributed by atoms with Gasteiger partial charge in [0.05, 0.1) is 12.5 Å². The molecule has 140 valence electrons. The van der Waals surface area contributed by atoms with E-state index in [9.17, 15) is 4.79 Å². The highest BCUT2D eigenvalue weighted by molar-refractivity contribution is 6.06. The molecule has 2 heterocycles. The van der Waals surface area contributed by atoms with E-state index in [4.69, 9.17) is 13.9 Å². The first-order chi connectivity index (χ1) is 13.7. The number of hydrogen-bond donors (Lipinski definition) is 0. The second-order valence-electron chi connectivity index (χ2n) is 6.97. The van der Waals surface area contributed by atoms with Gasteiger partial charge >= 0.3 is 5.63 Å². The minimum atomic E-state index is -0.318. The predicted molar refractivity (Wildman–Crippen MR) is 109 cm³/mol. The van der Waals surface area contributed by atoms with E-state index in [-0.39, 0.29) is 5.63 Å². The van der Waals surface area contributed by atoms with E-state index < -0.39 is 0 Å². The van der Waals surface area contributed by atoms with Gasteiger partial charge in [0.25, 0.3) is 0 Å². The molecule has 5 rings (SSSR count). The summed E-state index contributed by atoms with van der Waals surface area (Å²) >= 11 is 0. The van der Waals surface area contributed by atoms with E-state index in [1.165, 1.54) is 0 Å². The summed E-state index contributed by atoms with van der Waals surface area (Å²) in [5.74, 6) is 1.63. The van der Waals surface area contributed by atoms with Crippen molar-refractivity contribution in [1.82, 2.24) is 0 Å². The summed E-state index contributed by atoms with van der Waals surface area (Å²) in [7, 11) is 1.66. The van der Waals surface area contributed by atoms with E-state index >= 15 is 0 Å². The van der Waals surface area contributed by atoms with Crippen LogP contribution >= 0.6 is 0 Å². The summed E-state index contributed by atoms with van der Waals surface area (Å²) in [4.78, 5) is 14.5. The van der Waals surface area contributed by atoms with Gasteiger partial charge < -0.3 is 18.8 Å². The summed E-state index contributed by atoms with van der Waals surface area (Å²) in [5, 5.41) is 2.44. The summed E-state index contributed by atoms with van der Waals surface area (Å²) in [6.07, 6.45) is 0. The number of benzene rings is 3. The SMILES string of the molecule is COc1ccc(N2COc3c(cc4c(oc(=O)c5ccccc54)c3C)C2)cc1. The van der Waals surface area contributed by atoms with E-state index in [1.54, 1.807) is 13.2 Å². The Morgan fingerprint density at radius 3 is 2.50 bits per heavy atom. The Hall–Kier alpha value is -3.47. The number of anilines is 1. The molecule has 0 saturated carbocycles. The first kappa shape index (κ1) is 16.7. The normalized spacial score (nSPS) is 13.4. The molecule has 1 aliphatic rings. The van der Waals surface area contributed by atoms with Gasteiger partial charge in [-0.25, -0.2) is 4.79 Å². The van der Waals surface area contributed by atoms with Gasteiger partial charge in [0.2, 0.25) is 0 Å². The molecule has 1 aromatic heterocycles. The lowest BCUT2D eigenvalue weighted by Gasteiger charge is -2.32. The highest BCUT2D eigenvalue weighted by Gasteiger charge is 2.23. The Bertz CT molecular complexity index is 1260. The van der Waals surface area contributed by atoms with Crippen molar-refractivity contribution in [1.29, 1.82) is 0 Å². The highest BCUT2D eigenvalue weighted by atomic mass is 16.5. The van der Waals surface area contributed by atoms with Crippen molar-refractivity contribution in [2.45, 2.75) is 13.5 Å². The maximum absolute atomic E-state index is 12.4. The Balaban J connectivity index is 1.65. The number of ether oxygens (including phenoxy) is 2. The maximum atomic E-state index is 12.4. The van der Waals surface area contributed by atoms with Crippen molar-refractivity contribution in [2.24, 2.45) is 0 Å². The molecule has 0 radical (unpaired) electrons. The number of fused-ring (bicyclic) bond motifs is 4. The van der Waals surface area contributed by atoms with Crippen LogP contribution in [0.3, 0.4) is 0 Å². The van der Waals surface area contributed by atoms with Gasteiger partial charge in [0, 0.05) is 28.7 Å². The second kappa shape index (κ2) is 6.30. The standard InChI is InChI=1S/C23H19NO4/c1-14-21-15(12-24(13-27-21)16-7-9-17(26-2)10-8-16)11-20-18-5-3-4-6-19(18)23(25)28-22(14)20/h3-11H,12-13H2,1-2H3. The minimum Gasteiger partial charge on any atom is -0.497 e. The van der Waals surface area contributed by atoms with Crippen LogP contribution in [0.25, 0.3) is 21.7 Å². The summed E-state index contributed by atoms with van der Waals surface area (Å²) in [6.45, 7) is 3.09. The van der Waals surface area contributed by atoms with Gasteiger partial charge in [0.15, 0.2) is 6.73 Å². The second-order valence-corrected chi connectivity index (χ2v) is 6.97. The minimum absolute atomic E-state index is 0.318. The molecular formula is C23H19NO4. The lowest BCUT2D eigenvalue weighted by Crippen LogP contribution is -2.32. The van der Waals surface area contributed by atoms with Crippen LogP contribution in [0.1, 0.15) is 11.1 Å². The molecular weight excluding hydrogens is 354 g/mol. The van der Waals surface area contributed by atoms with E-state index in [2.05, 4.69) is 11.0 Å². The number of rotatable bonds is 2. The van der Waals surface area contributed by atoms with Crippen molar-refractivity contribution in [3.63, 3.8) is 0 Å². The molecule has 5 heteroatoms. The lowest BCUT2D eigenvalue weighted by atomic mass is 10.00. The van der Waals surface area contributed by atoms with E-state index in [1.807, 2.05) is 49.4 Å². The largest absolute Gasteiger partial charge is 0.497 e. The number of methoxy groups -OCH3 is 1. The summed E-state index contributed by atoms with van der Waals surface area (Å²) in [6, 6.07) is 17.6. The van der Waals surface area contributed by atoms with Crippen molar-refractivity contribution in [3.05, 3.63) is 76.1 Å². The van der Waals surface area contributed by atoms with Gasteiger partial charge in [-0.05, 0) is 48.7 Å². The zero-order valence-corrected chi connectivity index (χ0v) is 15.7. The van der Waals surface area contributed by atoms with Gasteiger partial charge in [-0.2, -0.15) is 0 Å². The first-order valence-electron chi connectivity index (χ1n) is 9.15. The molecule has 5 nitrogen and oxygen atoms in total. The number of aryl methyl sites for hydroxylation is 1. The van der Waals surface area contributed by atoms with Gasteiger partial charge in [-0.3, -0.25) is 0 Å². The molecule has 0 saturated heterocycles. The van der Waals surface area contributed by atoms with Crippen LogP contribution < -0.4 is 20.0 Å². The molecule has 0 atom stereocenters. The Labute approximate surface area is 161 Å². The van der Waals surface area contributed by atoms with E-state index in [0.29, 0.717) is 24.2 Å². The molecule has 0 unspecified atom stereocenters. The van der Waals surface area contributed by atoms with E-state index in [0.717, 1.165) is 39.1 Å². The Morgan fingerprint density at radius 1 is 1.00 bits per heavy atom. The van der Waals surface area contributed by atoms with Crippen molar-refractivity contribution >= 4 is 27.4 Å². The zero-order valence-electron chi connectivity index (χ0n) is 15.7. The number of nitrogens with zero attached hydrogens (tertiary/aromatic N) is 1. The third-order valence-corrected chi connectivity index (χ3v) is 5.33. The Morgan fingerprint density at radius 2 is 1.75 bits per heavy atom. The molecule has 0 amide bonds. The quantitative estimate of drug-likeness (QED) is 0.379. The highest BCUT2D eigenvalue weighted by Crippen LogP contribution is 2.38. The number of hydrogen-bond acceptors (Lipinski definition) is 5. The molecule has 3 aromatic carbocycles. The fourth-order valence-electron chi connectivity index (χ4n) is 3.90. The molecule has 0 aliphatic carbocycles. The monoisotopic (exact) mass is 373 g/mol. The predicted octanol–water partition coefficient (Wildman–Crippen LogP) is 4.62. The molecule has 0 spiro atoms. The van der Waals surface area contributed by atoms with Crippen molar-refractivity contribution < 1.29 is 13.9 Å². The van der Waals surface area contributed by atoms with Gasteiger partial charge in [0.1, 0.15) is 17.1 Å². The summed E-state index contributed by atoms with van der Waals surface area (Å²) in [5.41, 5.74) is 3.28. The van der Waals surface area contributed by atoms with Crippen LogP contribution in [0.5, 0.6) is 11.5 Å². The van der Waals surface area contributed by atoms with Crippen LogP contribution in [0.4, 0.5) is 5.69 Å². The van der Waals surface area contributed by atoms with Crippen LogP contribution in [0, 0.1) is 6.92 Å². The topological polar surface area (TPSA) is 51.9 Å². The molecule has 1 aliphatic heterocycles. The fraction of sp³-hybridized carbons (Fsp3) is 0.174. The molecule has 4 aromatic rings. The maximum Gasteiger partial charge on any atom is 0.344 e. The van der Waals surface area contributed by atoms with Crippen molar-refractivity contribution in [2.75, 3.05) is 18.7 Å². The third-order valence-electron chi connectivity index (χ3n) is 5.33. The molecule has 0 bridgehead atoms. The van der Waals surface area contributed by atoms with Gasteiger partial charge in [-0.1, -0.05) is 18.2 Å². The average molecular weight is 373 g/mol. The zero-order chi connectivity index (χ0) is 19.3. The molecule has 0 fully saturated rings. The molecule has 28 heavy (non-hydrogen) atoms. The fourth-order valence-corrected chi connectivity index (χ4v) is 3.90. The summed E-state index contributed by atoms with van der Waals surface area (Å²) < 4.78 is 17.0. The van der Waals surface area contributed by atoms with Crippen LogP contribution in [0.2, 0.25) is 0 Å². The lowest BCUT2D eigenvalue weighted by molar-refractivity contribution is 0.287. The Kier molecular flexibility index (Phi) is 3.76. The van der Waals surface area contributed by atoms with Crippen LogP contribution in [0.15, 0.2) is 63.8 Å². The van der Waals surface area contributed by atoms with Gasteiger partial charge in [-0.15, -0.1) is 0 Å². The molecule has 0 N–H and O–H groups in total. The average Bonchev–Trinajstić information content (AvgIpc) is 2.75. The third kappa shape index (κ3) is 2.51. The van der Waals surface area contributed by atoms with Crippen LogP contribution in [-0.4, -0.2) is 13.8 Å². The smallest absolute Gasteiger partial charge is 0.344 e. The van der Waals surface area contributed by atoms with Crippen molar-refractivity contribution in [3.8, 4) is 11.5 Å². The van der Waals surface area contributed by atoms with Crippen LogP contribution in [-0.2, 0) is 6.54 Å². The first-order valence-corrected chi connectivity index (χ1v) is 9.15.